The van der Waals surface area contributed by atoms with Crippen LogP contribution in [0.3, 0.4) is 0 Å². The van der Waals surface area contributed by atoms with Gasteiger partial charge in [-0.05, 0) is 29.3 Å². The van der Waals surface area contributed by atoms with Gasteiger partial charge in [-0.15, -0.1) is 11.8 Å². The van der Waals surface area contributed by atoms with E-state index in [1.165, 1.54) is 18.0 Å². The molecule has 0 saturated carbocycles. The molecule has 1 N–H and O–H groups in total. The highest BCUT2D eigenvalue weighted by molar-refractivity contribution is 7.99. The number of benzene rings is 2. The highest BCUT2D eigenvalue weighted by Crippen LogP contribution is 2.22. The molecule has 0 aliphatic heterocycles. The van der Waals surface area contributed by atoms with Crippen LogP contribution in [0.15, 0.2) is 47.6 Å². The molecular weight excluding hydrogens is 375 g/mol. The van der Waals surface area contributed by atoms with E-state index in [1.54, 1.807) is 18.2 Å². The van der Waals surface area contributed by atoms with Crippen LogP contribution < -0.4 is 5.43 Å². The molecule has 0 saturated heterocycles. The minimum absolute atomic E-state index is 0.182. The molecule has 0 spiro atoms. The summed E-state index contributed by atoms with van der Waals surface area (Å²) in [6.07, 6.45) is 1.51. The molecule has 0 radical (unpaired) electrons. The molecule has 0 aliphatic carbocycles. The molecule has 0 unspecified atom stereocenters. The SMILES string of the molecule is O=C(CSCc1ccccc1Cl)N/N=C\c1ccc(Cl)c(Cl)c1. The van der Waals surface area contributed by atoms with Crippen LogP contribution in [0.2, 0.25) is 15.1 Å². The first-order chi connectivity index (χ1) is 11.1. The van der Waals surface area contributed by atoms with Gasteiger partial charge in [0, 0.05) is 10.8 Å². The van der Waals surface area contributed by atoms with Gasteiger partial charge < -0.3 is 0 Å². The molecule has 1 amide bonds. The minimum atomic E-state index is -0.182. The molecule has 7 heteroatoms. The topological polar surface area (TPSA) is 41.5 Å². The summed E-state index contributed by atoms with van der Waals surface area (Å²) in [6.45, 7) is 0. The van der Waals surface area contributed by atoms with Gasteiger partial charge in [0.15, 0.2) is 0 Å². The Morgan fingerprint density at radius 1 is 1.09 bits per heavy atom. The Bertz CT molecular complexity index is 722. The van der Waals surface area contributed by atoms with Gasteiger partial charge in [-0.25, -0.2) is 5.43 Å². The fourth-order valence-corrected chi connectivity index (χ4v) is 3.08. The predicted molar refractivity (Wildman–Crippen MR) is 99.8 cm³/mol. The number of halogens is 3. The molecule has 23 heavy (non-hydrogen) atoms. The largest absolute Gasteiger partial charge is 0.272 e. The maximum atomic E-state index is 11.7. The monoisotopic (exact) mass is 386 g/mol. The first kappa shape index (κ1) is 18.1. The van der Waals surface area contributed by atoms with Gasteiger partial charge in [0.25, 0.3) is 0 Å². The molecule has 120 valence electrons. The third-order valence-electron chi connectivity index (χ3n) is 2.80. The molecule has 2 aromatic carbocycles. The number of thioether (sulfide) groups is 1. The summed E-state index contributed by atoms with van der Waals surface area (Å²) in [5, 5.41) is 5.51. The summed E-state index contributed by atoms with van der Waals surface area (Å²) in [4.78, 5) is 11.7. The van der Waals surface area contributed by atoms with Crippen molar-refractivity contribution in [1.29, 1.82) is 0 Å². The van der Waals surface area contributed by atoms with E-state index in [9.17, 15) is 4.79 Å². The normalized spacial score (nSPS) is 10.9. The van der Waals surface area contributed by atoms with E-state index in [0.717, 1.165) is 11.1 Å². The number of carbonyl (C=O) groups excluding carboxylic acids is 1. The average molecular weight is 388 g/mol. The van der Waals surface area contributed by atoms with Gasteiger partial charge >= 0.3 is 0 Å². The van der Waals surface area contributed by atoms with Crippen molar-refractivity contribution in [2.45, 2.75) is 5.75 Å². The summed E-state index contributed by atoms with van der Waals surface area (Å²) in [6, 6.07) is 12.7. The number of rotatable bonds is 6. The van der Waals surface area contributed by atoms with E-state index in [2.05, 4.69) is 10.5 Å². The Balaban J connectivity index is 1.75. The van der Waals surface area contributed by atoms with Crippen LogP contribution in [0.25, 0.3) is 0 Å². The highest BCUT2D eigenvalue weighted by atomic mass is 35.5. The van der Waals surface area contributed by atoms with Crippen LogP contribution >= 0.6 is 46.6 Å². The summed E-state index contributed by atoms with van der Waals surface area (Å²) >= 11 is 19.3. The summed E-state index contributed by atoms with van der Waals surface area (Å²) < 4.78 is 0. The average Bonchev–Trinajstić information content (AvgIpc) is 2.53. The summed E-state index contributed by atoms with van der Waals surface area (Å²) in [5.41, 5.74) is 4.23. The third kappa shape index (κ3) is 6.07. The molecule has 0 heterocycles. The van der Waals surface area contributed by atoms with E-state index in [1.807, 2.05) is 24.3 Å². The third-order valence-corrected chi connectivity index (χ3v) is 4.88. The van der Waals surface area contributed by atoms with Gasteiger partial charge in [-0.3, -0.25) is 4.79 Å². The lowest BCUT2D eigenvalue weighted by molar-refractivity contribution is -0.118. The molecule has 0 atom stereocenters. The van der Waals surface area contributed by atoms with Crippen LogP contribution in [-0.4, -0.2) is 17.9 Å². The number of hydrogen-bond donors (Lipinski definition) is 1. The first-order valence-electron chi connectivity index (χ1n) is 6.64. The Morgan fingerprint density at radius 3 is 2.61 bits per heavy atom. The van der Waals surface area contributed by atoms with Gasteiger partial charge in [-0.1, -0.05) is 59.1 Å². The molecule has 0 aromatic heterocycles. The van der Waals surface area contributed by atoms with Crippen LogP contribution in [0, 0.1) is 0 Å². The standard InChI is InChI=1S/C16H13Cl3N2OS/c17-13-4-2-1-3-12(13)9-23-10-16(22)21-20-8-11-5-6-14(18)15(19)7-11/h1-8H,9-10H2,(H,21,22)/b20-8-. The van der Waals surface area contributed by atoms with Crippen molar-refractivity contribution in [3.63, 3.8) is 0 Å². The zero-order chi connectivity index (χ0) is 16.7. The van der Waals surface area contributed by atoms with E-state index >= 15 is 0 Å². The minimum Gasteiger partial charge on any atom is -0.272 e. The van der Waals surface area contributed by atoms with E-state index in [4.69, 9.17) is 34.8 Å². The first-order valence-corrected chi connectivity index (χ1v) is 8.93. The molecule has 2 rings (SSSR count). The van der Waals surface area contributed by atoms with Crippen LogP contribution in [0.5, 0.6) is 0 Å². The fraction of sp³-hybridized carbons (Fsp3) is 0.125. The molecule has 0 fully saturated rings. The Morgan fingerprint density at radius 2 is 1.87 bits per heavy atom. The second-order valence-corrected chi connectivity index (χ2v) is 6.76. The molecular formula is C16H13Cl3N2OS. The highest BCUT2D eigenvalue weighted by Gasteiger charge is 2.03. The van der Waals surface area contributed by atoms with Gasteiger partial charge in [0.05, 0.1) is 22.0 Å². The predicted octanol–water partition coefficient (Wildman–Crippen LogP) is 5.03. The summed E-state index contributed by atoms with van der Waals surface area (Å²) in [5.74, 6) is 0.784. The van der Waals surface area contributed by atoms with Crippen molar-refractivity contribution < 1.29 is 4.79 Å². The fourth-order valence-electron chi connectivity index (χ4n) is 1.67. The second-order valence-electron chi connectivity index (χ2n) is 4.55. The number of amides is 1. The van der Waals surface area contributed by atoms with E-state index in [0.29, 0.717) is 26.6 Å². The quantitative estimate of drug-likeness (QED) is 0.558. The number of carbonyl (C=O) groups is 1. The zero-order valence-electron chi connectivity index (χ0n) is 11.9. The number of nitrogens with zero attached hydrogens (tertiary/aromatic N) is 1. The van der Waals surface area contributed by atoms with E-state index in [-0.39, 0.29) is 5.91 Å². The van der Waals surface area contributed by atoms with Crippen LogP contribution in [-0.2, 0) is 10.5 Å². The van der Waals surface area contributed by atoms with Crippen molar-refractivity contribution in [1.82, 2.24) is 5.43 Å². The Hall–Kier alpha value is -1.20. The van der Waals surface area contributed by atoms with E-state index < -0.39 is 0 Å². The lowest BCUT2D eigenvalue weighted by Gasteiger charge is -2.03. The maximum Gasteiger partial charge on any atom is 0.250 e. The van der Waals surface area contributed by atoms with Gasteiger partial charge in [0.1, 0.15) is 0 Å². The second kappa shape index (κ2) is 9.18. The number of hydrogen-bond acceptors (Lipinski definition) is 3. The van der Waals surface area contributed by atoms with Crippen molar-refractivity contribution in [2.24, 2.45) is 5.10 Å². The molecule has 0 aliphatic rings. The van der Waals surface area contributed by atoms with Crippen molar-refractivity contribution in [3.8, 4) is 0 Å². The van der Waals surface area contributed by atoms with Gasteiger partial charge in [-0.2, -0.15) is 5.10 Å². The van der Waals surface area contributed by atoms with Crippen LogP contribution in [0.1, 0.15) is 11.1 Å². The van der Waals surface area contributed by atoms with Gasteiger partial charge in [0.2, 0.25) is 5.91 Å². The number of hydrazone groups is 1. The number of nitrogens with one attached hydrogen (secondary N) is 1. The van der Waals surface area contributed by atoms with Crippen molar-refractivity contribution in [2.75, 3.05) is 5.75 Å². The molecule has 3 nitrogen and oxygen atoms in total. The smallest absolute Gasteiger partial charge is 0.250 e. The lowest BCUT2D eigenvalue weighted by atomic mass is 10.2. The maximum absolute atomic E-state index is 11.7. The van der Waals surface area contributed by atoms with Crippen molar-refractivity contribution in [3.05, 3.63) is 68.7 Å². The molecule has 2 aromatic rings. The summed E-state index contributed by atoms with van der Waals surface area (Å²) in [7, 11) is 0. The Kier molecular flexibility index (Phi) is 7.24. The van der Waals surface area contributed by atoms with Crippen LogP contribution in [0.4, 0.5) is 0 Å². The molecule has 0 bridgehead atoms. The zero-order valence-corrected chi connectivity index (χ0v) is 15.0. The Labute approximate surface area is 154 Å². The lowest BCUT2D eigenvalue weighted by Crippen LogP contribution is -2.19. The van der Waals surface area contributed by atoms with Crippen molar-refractivity contribution >= 4 is 58.7 Å².